The van der Waals surface area contributed by atoms with Crippen molar-refractivity contribution in [1.82, 2.24) is 0 Å². The highest BCUT2D eigenvalue weighted by Crippen LogP contribution is 2.34. The van der Waals surface area contributed by atoms with Crippen LogP contribution in [0.4, 0.5) is 0 Å². The molecule has 0 amide bonds. The lowest BCUT2D eigenvalue weighted by atomic mass is 9.79. The van der Waals surface area contributed by atoms with Gasteiger partial charge in [-0.2, -0.15) is 0 Å². The van der Waals surface area contributed by atoms with Crippen molar-refractivity contribution in [1.29, 1.82) is 0 Å². The van der Waals surface area contributed by atoms with E-state index in [0.717, 1.165) is 24.6 Å². The summed E-state index contributed by atoms with van der Waals surface area (Å²) in [6.45, 7) is 9.16. The van der Waals surface area contributed by atoms with E-state index in [-0.39, 0.29) is 16.8 Å². The molecule has 0 heterocycles. The van der Waals surface area contributed by atoms with Crippen LogP contribution in [0.3, 0.4) is 0 Å². The molecule has 0 bridgehead atoms. The van der Waals surface area contributed by atoms with Gasteiger partial charge in [0.15, 0.2) is 0 Å². The second-order valence-corrected chi connectivity index (χ2v) is 6.72. The number of hydrogen-bond acceptors (Lipinski definition) is 4. The van der Waals surface area contributed by atoms with Gasteiger partial charge in [-0.15, -0.1) is 0 Å². The Morgan fingerprint density at radius 3 is 2.37 bits per heavy atom. The summed E-state index contributed by atoms with van der Waals surface area (Å²) < 4.78 is 5.57. The lowest BCUT2D eigenvalue weighted by Crippen LogP contribution is -2.38. The van der Waals surface area contributed by atoms with Crippen LogP contribution in [-0.4, -0.2) is 22.4 Å². The molecule has 0 atom stereocenters. The van der Waals surface area contributed by atoms with Crippen LogP contribution in [0.5, 0.6) is 0 Å². The fraction of sp³-hybridized carbons (Fsp3) is 0.733. The standard InChI is InChI=1S/C15H24O3S/c1-11(2)14(17)19-10-13(16)18-15(3,4)12-8-6-5-7-9-12/h12H,1,5-10H2,2-4H3. The first-order valence-electron chi connectivity index (χ1n) is 6.87. The van der Waals surface area contributed by atoms with Crippen molar-refractivity contribution >= 4 is 22.8 Å². The van der Waals surface area contributed by atoms with Crippen LogP contribution in [0.2, 0.25) is 0 Å². The number of carbonyl (C=O) groups is 2. The predicted octanol–water partition coefficient (Wildman–Crippen LogP) is 3.72. The lowest BCUT2D eigenvalue weighted by Gasteiger charge is -2.36. The third-order valence-corrected chi connectivity index (χ3v) is 4.63. The molecule has 1 fully saturated rings. The number of hydrogen-bond donors (Lipinski definition) is 0. The lowest BCUT2D eigenvalue weighted by molar-refractivity contribution is -0.159. The molecule has 3 nitrogen and oxygen atoms in total. The fourth-order valence-electron chi connectivity index (χ4n) is 2.45. The normalized spacial score (nSPS) is 17.0. The van der Waals surface area contributed by atoms with E-state index in [4.69, 9.17) is 4.74 Å². The monoisotopic (exact) mass is 284 g/mol. The Kier molecular flexibility index (Phi) is 6.11. The highest BCUT2D eigenvalue weighted by atomic mass is 32.2. The molecule has 1 aliphatic rings. The number of ether oxygens (including phenoxy) is 1. The summed E-state index contributed by atoms with van der Waals surface area (Å²) >= 11 is 0.967. The Morgan fingerprint density at radius 1 is 1.26 bits per heavy atom. The first kappa shape index (κ1) is 16.3. The zero-order chi connectivity index (χ0) is 14.5. The van der Waals surface area contributed by atoms with Gasteiger partial charge >= 0.3 is 5.97 Å². The summed E-state index contributed by atoms with van der Waals surface area (Å²) in [4.78, 5) is 23.2. The van der Waals surface area contributed by atoms with E-state index in [1.165, 1.54) is 19.3 Å². The van der Waals surface area contributed by atoms with Crippen molar-refractivity contribution in [2.45, 2.75) is 58.5 Å². The van der Waals surface area contributed by atoms with Crippen molar-refractivity contribution in [2.75, 3.05) is 5.75 Å². The van der Waals surface area contributed by atoms with Gasteiger partial charge in [0.25, 0.3) is 0 Å². The van der Waals surface area contributed by atoms with Crippen molar-refractivity contribution in [3.8, 4) is 0 Å². The second-order valence-electron chi connectivity index (χ2n) is 5.77. The third-order valence-electron chi connectivity index (χ3n) is 3.63. The van der Waals surface area contributed by atoms with Crippen molar-refractivity contribution in [2.24, 2.45) is 5.92 Å². The maximum absolute atomic E-state index is 11.8. The number of thioether (sulfide) groups is 1. The molecule has 0 aromatic carbocycles. The largest absolute Gasteiger partial charge is 0.459 e. The minimum Gasteiger partial charge on any atom is -0.459 e. The number of carbonyl (C=O) groups excluding carboxylic acids is 2. The molecule has 0 spiro atoms. The zero-order valence-electron chi connectivity index (χ0n) is 12.2. The van der Waals surface area contributed by atoms with E-state index >= 15 is 0 Å². The Bertz CT molecular complexity index is 354. The van der Waals surface area contributed by atoms with E-state index in [9.17, 15) is 9.59 Å². The molecule has 0 N–H and O–H groups in total. The predicted molar refractivity (Wildman–Crippen MR) is 79.0 cm³/mol. The summed E-state index contributed by atoms with van der Waals surface area (Å²) in [6.07, 6.45) is 5.96. The van der Waals surface area contributed by atoms with Gasteiger partial charge in [-0.05, 0) is 45.1 Å². The molecule has 0 aromatic rings. The first-order chi connectivity index (χ1) is 8.83. The van der Waals surface area contributed by atoms with Gasteiger partial charge < -0.3 is 4.74 Å². The second kappa shape index (κ2) is 7.13. The topological polar surface area (TPSA) is 43.4 Å². The molecule has 0 aromatic heterocycles. The highest BCUT2D eigenvalue weighted by Gasteiger charge is 2.34. The summed E-state index contributed by atoms with van der Waals surface area (Å²) in [5.41, 5.74) is 0.0361. The Labute approximate surface area is 120 Å². The molecule has 0 saturated heterocycles. The average molecular weight is 284 g/mol. The van der Waals surface area contributed by atoms with Crippen LogP contribution < -0.4 is 0 Å². The van der Waals surface area contributed by atoms with Crippen LogP contribution in [-0.2, 0) is 14.3 Å². The van der Waals surface area contributed by atoms with Gasteiger partial charge in [-0.25, -0.2) is 0 Å². The molecular weight excluding hydrogens is 260 g/mol. The molecule has 1 aliphatic carbocycles. The van der Waals surface area contributed by atoms with Crippen LogP contribution in [0.15, 0.2) is 12.2 Å². The molecule has 19 heavy (non-hydrogen) atoms. The average Bonchev–Trinajstić information content (AvgIpc) is 2.36. The van der Waals surface area contributed by atoms with E-state index in [1.54, 1.807) is 6.92 Å². The Hall–Kier alpha value is -0.770. The minimum absolute atomic E-state index is 0.0713. The highest BCUT2D eigenvalue weighted by molar-refractivity contribution is 8.14. The van der Waals surface area contributed by atoms with E-state index < -0.39 is 5.60 Å². The van der Waals surface area contributed by atoms with Gasteiger partial charge in [0.05, 0.1) is 5.75 Å². The van der Waals surface area contributed by atoms with Crippen molar-refractivity contribution in [3.63, 3.8) is 0 Å². The molecule has 0 unspecified atom stereocenters. The van der Waals surface area contributed by atoms with Crippen LogP contribution in [0, 0.1) is 5.92 Å². The molecule has 1 rings (SSSR count). The van der Waals surface area contributed by atoms with E-state index in [0.29, 0.717) is 11.5 Å². The molecule has 0 aliphatic heterocycles. The van der Waals surface area contributed by atoms with Crippen LogP contribution in [0.1, 0.15) is 52.9 Å². The molecule has 108 valence electrons. The minimum atomic E-state index is -0.426. The van der Waals surface area contributed by atoms with Crippen molar-refractivity contribution < 1.29 is 14.3 Å². The van der Waals surface area contributed by atoms with Crippen molar-refractivity contribution in [3.05, 3.63) is 12.2 Å². The van der Waals surface area contributed by atoms with Gasteiger partial charge in [0.1, 0.15) is 5.60 Å². The van der Waals surface area contributed by atoms with Gasteiger partial charge in [-0.3, -0.25) is 9.59 Å². The third kappa shape index (κ3) is 5.39. The zero-order valence-corrected chi connectivity index (χ0v) is 13.0. The van der Waals surface area contributed by atoms with Gasteiger partial charge in [0.2, 0.25) is 5.12 Å². The van der Waals surface area contributed by atoms with Crippen LogP contribution in [0.25, 0.3) is 0 Å². The van der Waals surface area contributed by atoms with E-state index in [2.05, 4.69) is 6.58 Å². The molecular formula is C15H24O3S. The molecule has 4 heteroatoms. The Balaban J connectivity index is 2.41. The maximum atomic E-state index is 11.8. The summed E-state index contributed by atoms with van der Waals surface area (Å²) in [5.74, 6) is 0.198. The van der Waals surface area contributed by atoms with Gasteiger partial charge in [0, 0.05) is 0 Å². The first-order valence-corrected chi connectivity index (χ1v) is 7.86. The smallest absolute Gasteiger partial charge is 0.316 e. The SMILES string of the molecule is C=C(C)C(=O)SCC(=O)OC(C)(C)C1CCCCC1. The maximum Gasteiger partial charge on any atom is 0.316 e. The summed E-state index contributed by atoms with van der Waals surface area (Å²) in [6, 6.07) is 0. The number of rotatable bonds is 5. The quantitative estimate of drug-likeness (QED) is 0.570. The number of esters is 1. The summed E-state index contributed by atoms with van der Waals surface area (Å²) in [7, 11) is 0. The van der Waals surface area contributed by atoms with Crippen LogP contribution >= 0.6 is 11.8 Å². The van der Waals surface area contributed by atoms with Gasteiger partial charge in [-0.1, -0.05) is 37.6 Å². The molecule has 1 saturated carbocycles. The molecule has 0 radical (unpaired) electrons. The Morgan fingerprint density at radius 2 is 1.84 bits per heavy atom. The van der Waals surface area contributed by atoms with E-state index in [1.807, 2.05) is 13.8 Å². The summed E-state index contributed by atoms with van der Waals surface area (Å²) in [5, 5.41) is -0.146. The fourth-order valence-corrected chi connectivity index (χ4v) is 3.01.